The predicted molar refractivity (Wildman–Crippen MR) is 142 cm³/mol. The topological polar surface area (TPSA) is 94.6 Å². The lowest BCUT2D eigenvalue weighted by Crippen LogP contribution is -2.44. The molecule has 12 heteroatoms. The van der Waals surface area contributed by atoms with Gasteiger partial charge in [0.15, 0.2) is 5.82 Å². The van der Waals surface area contributed by atoms with Gasteiger partial charge in [0.2, 0.25) is 5.95 Å². The number of rotatable bonds is 5. The van der Waals surface area contributed by atoms with Crippen molar-refractivity contribution in [2.45, 2.75) is 10.8 Å². The lowest BCUT2D eigenvalue weighted by Gasteiger charge is -2.34. The minimum Gasteiger partial charge on any atom is -0.369 e. The van der Waals surface area contributed by atoms with Crippen LogP contribution in [0.15, 0.2) is 71.9 Å². The van der Waals surface area contributed by atoms with E-state index in [-0.39, 0.29) is 22.2 Å². The molecule has 0 atom stereocenters. The van der Waals surface area contributed by atoms with Gasteiger partial charge in [-0.3, -0.25) is 4.98 Å². The van der Waals surface area contributed by atoms with Crippen molar-refractivity contribution in [3.8, 4) is 0 Å². The van der Waals surface area contributed by atoms with Crippen molar-refractivity contribution in [1.82, 2.24) is 19.9 Å². The zero-order valence-electron chi connectivity index (χ0n) is 20.6. The Bertz CT molecular complexity index is 1600. The van der Waals surface area contributed by atoms with Gasteiger partial charge in [0.1, 0.15) is 11.4 Å². The minimum atomic E-state index is -4.40. The molecule has 2 aromatic carbocycles. The van der Waals surface area contributed by atoms with Crippen molar-refractivity contribution in [2.24, 2.45) is 0 Å². The van der Waals surface area contributed by atoms with Gasteiger partial charge in [-0.15, -0.1) is 0 Å². The maximum absolute atomic E-state index is 14.9. The molecule has 0 amide bonds. The van der Waals surface area contributed by atoms with Crippen molar-refractivity contribution in [2.75, 3.05) is 54.3 Å². The smallest absolute Gasteiger partial charge is 0.296 e. The summed E-state index contributed by atoms with van der Waals surface area (Å²) in [4.78, 5) is 16.9. The zero-order chi connectivity index (χ0) is 26.5. The number of nitrogens with one attached hydrogen (secondary N) is 1. The molecule has 0 bridgehead atoms. The molecule has 0 unspecified atom stereocenters. The van der Waals surface area contributed by atoms with E-state index < -0.39 is 28.1 Å². The van der Waals surface area contributed by atoms with Crippen molar-refractivity contribution in [3.63, 3.8) is 0 Å². The molecular formula is C26H25F2N7O2S. The third-order valence-corrected chi connectivity index (χ3v) is 8.66. The molecule has 9 nitrogen and oxygen atoms in total. The quantitative estimate of drug-likeness (QED) is 0.411. The van der Waals surface area contributed by atoms with E-state index >= 15 is 0 Å². The average Bonchev–Trinajstić information content (AvgIpc) is 3.20. The Morgan fingerprint density at radius 1 is 0.947 bits per heavy atom. The molecule has 2 aromatic heterocycles. The van der Waals surface area contributed by atoms with Crippen molar-refractivity contribution in [1.29, 1.82) is 0 Å². The second kappa shape index (κ2) is 9.14. The monoisotopic (exact) mass is 537 g/mol. The molecule has 0 radical (unpaired) electrons. The number of hydrogen-bond acceptors (Lipinski definition) is 8. The number of hydrogen-bond donors (Lipinski definition) is 1. The Balaban J connectivity index is 1.30. The molecule has 38 heavy (non-hydrogen) atoms. The number of benzene rings is 2. The molecule has 0 aliphatic carbocycles. The Hall–Kier alpha value is -3.90. The van der Waals surface area contributed by atoms with Crippen LogP contribution in [0.2, 0.25) is 0 Å². The van der Waals surface area contributed by atoms with Crippen LogP contribution in [0.1, 0.15) is 5.56 Å². The summed E-state index contributed by atoms with van der Waals surface area (Å²) in [6.07, 6.45) is 2.45. The van der Waals surface area contributed by atoms with Crippen LogP contribution in [0, 0.1) is 0 Å². The van der Waals surface area contributed by atoms with Gasteiger partial charge >= 0.3 is 0 Å². The van der Waals surface area contributed by atoms with Crippen LogP contribution in [-0.2, 0) is 15.9 Å². The third-order valence-electron chi connectivity index (χ3n) is 6.90. The Labute approximate surface area is 218 Å². The normalized spacial score (nSPS) is 17.6. The number of nitrogens with zero attached hydrogens (tertiary/aromatic N) is 6. The number of piperazine rings is 1. The van der Waals surface area contributed by atoms with Crippen molar-refractivity contribution >= 4 is 44.1 Å². The van der Waals surface area contributed by atoms with Crippen LogP contribution in [0.25, 0.3) is 10.9 Å². The fourth-order valence-corrected chi connectivity index (χ4v) is 6.37. The van der Waals surface area contributed by atoms with Gasteiger partial charge < -0.3 is 15.1 Å². The molecule has 1 fully saturated rings. The molecule has 2 aliphatic rings. The van der Waals surface area contributed by atoms with Gasteiger partial charge in [-0.05, 0) is 43.4 Å². The highest BCUT2D eigenvalue weighted by molar-refractivity contribution is 7.93. The van der Waals surface area contributed by atoms with E-state index in [1.807, 2.05) is 24.3 Å². The van der Waals surface area contributed by atoms with Gasteiger partial charge in [0.05, 0.1) is 11.1 Å². The number of pyridine rings is 1. The summed E-state index contributed by atoms with van der Waals surface area (Å²) in [5, 5.41) is 3.60. The first-order chi connectivity index (χ1) is 18.2. The van der Waals surface area contributed by atoms with Crippen LogP contribution in [0.3, 0.4) is 0 Å². The molecule has 0 spiro atoms. The number of sulfonamides is 1. The van der Waals surface area contributed by atoms with E-state index in [4.69, 9.17) is 0 Å². The molecule has 1 saturated heterocycles. The van der Waals surface area contributed by atoms with E-state index in [1.54, 1.807) is 24.3 Å². The summed E-state index contributed by atoms with van der Waals surface area (Å²) < 4.78 is 57.8. The largest absolute Gasteiger partial charge is 0.369 e. The van der Waals surface area contributed by atoms with Gasteiger partial charge in [0, 0.05) is 55.3 Å². The van der Waals surface area contributed by atoms with Gasteiger partial charge in [-0.2, -0.15) is 13.8 Å². The Morgan fingerprint density at radius 2 is 1.68 bits per heavy atom. The van der Waals surface area contributed by atoms with Crippen molar-refractivity contribution < 1.29 is 17.2 Å². The molecule has 2 aliphatic heterocycles. The fraction of sp³-hybridized carbons (Fsp3) is 0.269. The zero-order valence-corrected chi connectivity index (χ0v) is 21.4. The van der Waals surface area contributed by atoms with Crippen LogP contribution >= 0.6 is 0 Å². The average molecular weight is 538 g/mol. The van der Waals surface area contributed by atoms with Gasteiger partial charge in [-0.25, -0.2) is 17.7 Å². The number of alkyl halides is 2. The lowest BCUT2D eigenvalue weighted by molar-refractivity contribution is 0.0159. The first-order valence-electron chi connectivity index (χ1n) is 12.1. The van der Waals surface area contributed by atoms with Crippen LogP contribution in [0.5, 0.6) is 0 Å². The SMILES string of the molecule is CN1CCN(c2ccc(Nc3ncc4c(n3)N(S(=O)(=O)c3cccc5cccnc35)CC4(F)F)cc2)CC1. The Morgan fingerprint density at radius 3 is 2.45 bits per heavy atom. The lowest BCUT2D eigenvalue weighted by atomic mass is 10.2. The summed E-state index contributed by atoms with van der Waals surface area (Å²) in [6, 6.07) is 15.7. The summed E-state index contributed by atoms with van der Waals surface area (Å²) in [5.74, 6) is -3.78. The highest BCUT2D eigenvalue weighted by Crippen LogP contribution is 2.45. The highest BCUT2D eigenvalue weighted by Gasteiger charge is 2.50. The molecule has 1 N–H and O–H groups in total. The maximum Gasteiger partial charge on any atom is 0.296 e. The van der Waals surface area contributed by atoms with E-state index in [9.17, 15) is 17.2 Å². The number of fused-ring (bicyclic) bond motifs is 2. The second-order valence-corrected chi connectivity index (χ2v) is 11.3. The second-order valence-electron chi connectivity index (χ2n) is 9.44. The van der Waals surface area contributed by atoms with Gasteiger partial charge in [0.25, 0.3) is 15.9 Å². The van der Waals surface area contributed by atoms with E-state index in [0.29, 0.717) is 15.4 Å². The summed E-state index contributed by atoms with van der Waals surface area (Å²) in [6.45, 7) is 2.78. The van der Waals surface area contributed by atoms with E-state index in [1.165, 1.54) is 12.3 Å². The van der Waals surface area contributed by atoms with Crippen molar-refractivity contribution in [3.05, 3.63) is 72.6 Å². The summed E-state index contributed by atoms with van der Waals surface area (Å²) >= 11 is 0. The fourth-order valence-electron chi connectivity index (χ4n) is 4.77. The Kier molecular flexibility index (Phi) is 5.88. The summed E-state index contributed by atoms with van der Waals surface area (Å²) in [5.41, 5.74) is 1.41. The molecule has 196 valence electrons. The number of likely N-dealkylation sites (N-methyl/N-ethyl adjacent to an activating group) is 1. The molecule has 4 heterocycles. The number of halogens is 2. The standard InChI is InChI=1S/C26H25F2N7O2S/c1-33-12-14-34(15-13-33)20-9-7-19(8-10-20)31-25-30-16-21-24(32-25)35(17-26(21,27)28)38(36,37)22-6-2-4-18-5-3-11-29-23(18)22/h2-11,16H,12-15,17H2,1H3,(H,30,31,32). The first-order valence-corrected chi connectivity index (χ1v) is 13.6. The van der Waals surface area contributed by atoms with Crippen LogP contribution in [0.4, 0.5) is 31.9 Å². The third kappa shape index (κ3) is 4.29. The molecule has 4 aromatic rings. The van der Waals surface area contributed by atoms with Gasteiger partial charge in [-0.1, -0.05) is 18.2 Å². The maximum atomic E-state index is 14.9. The molecule has 6 rings (SSSR count). The number of para-hydroxylation sites is 1. The number of anilines is 4. The van der Waals surface area contributed by atoms with E-state index in [2.05, 4.69) is 37.1 Å². The summed E-state index contributed by atoms with van der Waals surface area (Å²) in [7, 11) is -2.30. The number of aromatic nitrogens is 3. The van der Waals surface area contributed by atoms with Crippen LogP contribution < -0.4 is 14.5 Å². The predicted octanol–water partition coefficient (Wildman–Crippen LogP) is 3.82. The van der Waals surface area contributed by atoms with Crippen LogP contribution in [-0.4, -0.2) is 68.0 Å². The molecule has 0 saturated carbocycles. The first kappa shape index (κ1) is 24.4. The van der Waals surface area contributed by atoms with E-state index in [0.717, 1.165) is 38.1 Å². The highest BCUT2D eigenvalue weighted by atomic mass is 32.2. The minimum absolute atomic E-state index is 0.0186. The molecular weight excluding hydrogens is 512 g/mol.